The minimum Gasteiger partial charge on any atom is -0.480 e. The Balaban J connectivity index is 1.73. The van der Waals surface area contributed by atoms with Crippen LogP contribution >= 0.6 is 0 Å². The number of rotatable bonds is 14. The molecule has 7 N–H and O–H groups in total. The van der Waals surface area contributed by atoms with Crippen LogP contribution in [0.2, 0.25) is 0 Å². The molecule has 0 aliphatic rings. The van der Waals surface area contributed by atoms with Crippen molar-refractivity contribution in [3.8, 4) is 0 Å². The van der Waals surface area contributed by atoms with Gasteiger partial charge in [-0.2, -0.15) is 0 Å². The Morgan fingerprint density at radius 1 is 0.800 bits per heavy atom. The Labute approximate surface area is 233 Å². The van der Waals surface area contributed by atoms with Crippen LogP contribution in [-0.2, 0) is 38.4 Å². The van der Waals surface area contributed by atoms with Gasteiger partial charge in [0, 0.05) is 24.7 Å². The van der Waals surface area contributed by atoms with Gasteiger partial charge in [-0.15, -0.1) is 0 Å². The smallest absolute Gasteiger partial charge is 0.326 e. The number of nitrogens with one attached hydrogen (secondary N) is 4. The molecule has 0 aliphatic carbocycles. The first kappa shape index (κ1) is 30.0. The van der Waals surface area contributed by atoms with Crippen molar-refractivity contribution in [1.82, 2.24) is 25.9 Å². The second-order valence-corrected chi connectivity index (χ2v) is 9.96. The van der Waals surface area contributed by atoms with Gasteiger partial charge >= 0.3 is 5.97 Å². The molecule has 11 heteroatoms. The van der Waals surface area contributed by atoms with Gasteiger partial charge in [-0.1, -0.05) is 74.5 Å². The molecule has 0 bridgehead atoms. The molecule has 0 radical (unpaired) electrons. The molecule has 0 saturated carbocycles. The number of hydrogen-bond acceptors (Lipinski definition) is 6. The zero-order valence-corrected chi connectivity index (χ0v) is 22.5. The highest BCUT2D eigenvalue weighted by Gasteiger charge is 2.32. The number of carboxylic acids is 1. The summed E-state index contributed by atoms with van der Waals surface area (Å²) in [6.45, 7) is 3.46. The highest BCUT2D eigenvalue weighted by Crippen LogP contribution is 2.09. The van der Waals surface area contributed by atoms with Gasteiger partial charge in [0.25, 0.3) is 0 Å². The van der Waals surface area contributed by atoms with Crippen LogP contribution < -0.4 is 21.7 Å². The van der Waals surface area contributed by atoms with Crippen LogP contribution in [0.3, 0.4) is 0 Å². The van der Waals surface area contributed by atoms with E-state index in [4.69, 9.17) is 5.73 Å². The molecule has 1 aromatic heterocycles. The van der Waals surface area contributed by atoms with E-state index in [1.165, 1.54) is 12.5 Å². The monoisotopic (exact) mass is 548 g/mol. The second kappa shape index (κ2) is 14.6. The van der Waals surface area contributed by atoms with Crippen LogP contribution in [0.4, 0.5) is 0 Å². The van der Waals surface area contributed by atoms with E-state index in [-0.39, 0.29) is 25.2 Å². The van der Waals surface area contributed by atoms with Gasteiger partial charge in [-0.3, -0.25) is 14.4 Å². The zero-order valence-electron chi connectivity index (χ0n) is 22.5. The summed E-state index contributed by atoms with van der Waals surface area (Å²) in [6, 6.07) is 14.3. The maximum Gasteiger partial charge on any atom is 0.326 e. The number of carboxylic acid groups (broad SMARTS) is 1. The number of carbonyl (C=O) groups is 4. The van der Waals surface area contributed by atoms with Crippen molar-refractivity contribution in [3.63, 3.8) is 0 Å². The fourth-order valence-electron chi connectivity index (χ4n) is 4.17. The molecule has 1 heterocycles. The quantitative estimate of drug-likeness (QED) is 0.174. The summed E-state index contributed by atoms with van der Waals surface area (Å²) in [7, 11) is 0. The molecule has 3 amide bonds. The maximum atomic E-state index is 13.5. The number of nitrogens with two attached hydrogens (primary N) is 1. The highest BCUT2D eigenvalue weighted by molar-refractivity contribution is 5.94. The molecule has 0 saturated heterocycles. The molecular formula is C29H36N6O5. The largest absolute Gasteiger partial charge is 0.480 e. The van der Waals surface area contributed by atoms with Crippen LogP contribution in [0.5, 0.6) is 0 Å². The van der Waals surface area contributed by atoms with Crippen LogP contribution in [0.25, 0.3) is 0 Å². The minimum absolute atomic E-state index is 0.00811. The van der Waals surface area contributed by atoms with Crippen molar-refractivity contribution in [2.75, 3.05) is 0 Å². The van der Waals surface area contributed by atoms with E-state index in [9.17, 15) is 24.3 Å². The molecule has 212 valence electrons. The lowest BCUT2D eigenvalue weighted by atomic mass is 9.99. The molecule has 3 aromatic rings. The van der Waals surface area contributed by atoms with Crippen LogP contribution in [0, 0.1) is 5.92 Å². The van der Waals surface area contributed by atoms with Gasteiger partial charge in [0.2, 0.25) is 17.7 Å². The first-order valence-corrected chi connectivity index (χ1v) is 13.1. The van der Waals surface area contributed by atoms with Crippen LogP contribution in [0.15, 0.2) is 73.2 Å². The average molecular weight is 549 g/mol. The number of nitrogens with zero attached hydrogens (tertiary/aromatic N) is 1. The van der Waals surface area contributed by atoms with Crippen LogP contribution in [-0.4, -0.2) is 62.9 Å². The normalized spacial score (nSPS) is 14.0. The van der Waals surface area contributed by atoms with E-state index in [1.54, 1.807) is 13.8 Å². The Hall–Kier alpha value is -4.51. The molecule has 11 nitrogen and oxygen atoms in total. The maximum absolute atomic E-state index is 13.5. The topological polar surface area (TPSA) is 179 Å². The fraction of sp³-hybridized carbons (Fsp3) is 0.345. The van der Waals surface area contributed by atoms with Gasteiger partial charge in [-0.25, -0.2) is 9.78 Å². The number of aliphatic carboxylic acids is 1. The van der Waals surface area contributed by atoms with E-state index < -0.39 is 47.9 Å². The SMILES string of the molecule is CC(C)C(NC(=O)C(Cc1ccccc1)NC(=O)C(N)Cc1ccccc1)C(=O)NC(Cc1cnc[nH]1)C(=O)O. The first-order valence-electron chi connectivity index (χ1n) is 13.1. The highest BCUT2D eigenvalue weighted by atomic mass is 16.4. The summed E-state index contributed by atoms with van der Waals surface area (Å²) < 4.78 is 0. The average Bonchev–Trinajstić information content (AvgIpc) is 3.44. The Morgan fingerprint density at radius 3 is 1.90 bits per heavy atom. The summed E-state index contributed by atoms with van der Waals surface area (Å²) >= 11 is 0. The molecule has 0 aliphatic heterocycles. The summed E-state index contributed by atoms with van der Waals surface area (Å²) in [5.41, 5.74) is 8.38. The lowest BCUT2D eigenvalue weighted by molar-refractivity contribution is -0.142. The Bertz CT molecular complexity index is 1250. The van der Waals surface area contributed by atoms with E-state index in [2.05, 4.69) is 25.9 Å². The fourth-order valence-corrected chi connectivity index (χ4v) is 4.17. The number of benzene rings is 2. The van der Waals surface area contributed by atoms with E-state index in [0.29, 0.717) is 5.69 Å². The number of aromatic amines is 1. The lowest BCUT2D eigenvalue weighted by Crippen LogP contribution is -2.59. The van der Waals surface area contributed by atoms with Gasteiger partial charge in [-0.05, 0) is 23.5 Å². The molecule has 4 unspecified atom stereocenters. The molecule has 0 fully saturated rings. The standard InChI is InChI=1S/C29H36N6O5/c1-18(2)25(28(38)34-24(29(39)40)15-21-16-31-17-32-21)35-27(37)23(14-20-11-7-4-8-12-20)33-26(36)22(30)13-19-9-5-3-6-10-19/h3-12,16-18,22-25H,13-15,30H2,1-2H3,(H,31,32)(H,33,36)(H,34,38)(H,35,37)(H,39,40). The van der Waals surface area contributed by atoms with Crippen molar-refractivity contribution in [2.45, 2.75) is 57.3 Å². The summed E-state index contributed by atoms with van der Waals surface area (Å²) in [5.74, 6) is -3.34. The summed E-state index contributed by atoms with van der Waals surface area (Å²) in [5, 5.41) is 17.6. The molecule has 4 atom stereocenters. The number of carbonyl (C=O) groups excluding carboxylic acids is 3. The number of hydrogen-bond donors (Lipinski definition) is 6. The van der Waals surface area contributed by atoms with Crippen molar-refractivity contribution in [3.05, 3.63) is 90.0 Å². The van der Waals surface area contributed by atoms with Crippen LogP contribution in [0.1, 0.15) is 30.7 Å². The molecule has 0 spiro atoms. The Morgan fingerprint density at radius 2 is 1.38 bits per heavy atom. The third-order valence-corrected chi connectivity index (χ3v) is 6.39. The molecule has 3 rings (SSSR count). The number of aromatic nitrogens is 2. The predicted molar refractivity (Wildman–Crippen MR) is 149 cm³/mol. The van der Waals surface area contributed by atoms with Crippen molar-refractivity contribution >= 4 is 23.7 Å². The summed E-state index contributed by atoms with van der Waals surface area (Å²) in [4.78, 5) is 58.1. The Kier molecular flexibility index (Phi) is 11.0. The van der Waals surface area contributed by atoms with E-state index in [1.807, 2.05) is 60.7 Å². The number of amides is 3. The number of imidazole rings is 1. The molecular weight excluding hydrogens is 512 g/mol. The number of H-pyrrole nitrogens is 1. The van der Waals surface area contributed by atoms with Crippen molar-refractivity contribution in [2.24, 2.45) is 11.7 Å². The van der Waals surface area contributed by atoms with E-state index in [0.717, 1.165) is 11.1 Å². The van der Waals surface area contributed by atoms with Gasteiger partial charge in [0.05, 0.1) is 12.4 Å². The lowest BCUT2D eigenvalue weighted by Gasteiger charge is -2.27. The van der Waals surface area contributed by atoms with E-state index >= 15 is 0 Å². The molecule has 40 heavy (non-hydrogen) atoms. The van der Waals surface area contributed by atoms with Crippen molar-refractivity contribution in [1.29, 1.82) is 0 Å². The minimum atomic E-state index is -1.23. The summed E-state index contributed by atoms with van der Waals surface area (Å²) in [6.07, 6.45) is 3.34. The third-order valence-electron chi connectivity index (χ3n) is 6.39. The molecule has 2 aromatic carbocycles. The first-order chi connectivity index (χ1) is 19.1. The predicted octanol–water partition coefficient (Wildman–Crippen LogP) is 0.960. The third kappa shape index (κ3) is 9.05. The second-order valence-electron chi connectivity index (χ2n) is 9.96. The van der Waals surface area contributed by atoms with Gasteiger partial charge in [0.1, 0.15) is 18.1 Å². The zero-order chi connectivity index (χ0) is 29.1. The van der Waals surface area contributed by atoms with Crippen molar-refractivity contribution < 1.29 is 24.3 Å². The van der Waals surface area contributed by atoms with Gasteiger partial charge in [0.15, 0.2) is 0 Å². The van der Waals surface area contributed by atoms with Gasteiger partial charge < -0.3 is 31.8 Å².